The van der Waals surface area contributed by atoms with Gasteiger partial charge in [0.15, 0.2) is 10.6 Å². The summed E-state index contributed by atoms with van der Waals surface area (Å²) in [6.07, 6.45) is 0.288. The van der Waals surface area contributed by atoms with E-state index < -0.39 is 0 Å². The molecule has 9 heteroatoms. The number of hydrogen-bond donors (Lipinski definition) is 2. The maximum atomic E-state index is 12.7. The number of ether oxygens (including phenoxy) is 1. The van der Waals surface area contributed by atoms with E-state index in [1.807, 2.05) is 41.0 Å². The lowest BCUT2D eigenvalue weighted by atomic mass is 10.1. The molecule has 8 nitrogen and oxygen atoms in total. The van der Waals surface area contributed by atoms with Crippen LogP contribution in [0.25, 0.3) is 11.4 Å². The third kappa shape index (κ3) is 5.43. The second kappa shape index (κ2) is 10.2. The van der Waals surface area contributed by atoms with E-state index in [1.54, 1.807) is 7.11 Å². The van der Waals surface area contributed by atoms with E-state index >= 15 is 0 Å². The summed E-state index contributed by atoms with van der Waals surface area (Å²) in [5, 5.41) is 10.2. The molecule has 4 rings (SSSR count). The first-order valence-corrected chi connectivity index (χ1v) is 11.5. The summed E-state index contributed by atoms with van der Waals surface area (Å²) < 4.78 is 7.55. The van der Waals surface area contributed by atoms with Crippen molar-refractivity contribution in [3.63, 3.8) is 0 Å². The summed E-state index contributed by atoms with van der Waals surface area (Å²) in [6.45, 7) is 6.69. The van der Waals surface area contributed by atoms with Gasteiger partial charge in [-0.15, -0.1) is 0 Å². The minimum Gasteiger partial charge on any atom is -0.497 e. The van der Waals surface area contributed by atoms with Gasteiger partial charge in [-0.05, 0) is 74.2 Å². The predicted octanol–water partition coefficient (Wildman–Crippen LogP) is 3.71. The van der Waals surface area contributed by atoms with Crippen LogP contribution < -0.4 is 15.0 Å². The quantitative estimate of drug-likeness (QED) is 0.517. The van der Waals surface area contributed by atoms with Crippen LogP contribution in [0.3, 0.4) is 0 Å². The fourth-order valence-corrected chi connectivity index (χ4v) is 4.28. The Hall–Kier alpha value is -3.17. The zero-order valence-electron chi connectivity index (χ0n) is 19.3. The standard InChI is InChI=1S/C24H30N6O2S/c1-17-16-19(6-9-21(17)29-14-12-28(2)13-15-29)25-22(31)10-11-30-23(26-27-24(30)33)18-4-7-20(32-3)8-5-18/h4-9,16H,10-15H2,1-3H3,(H,25,31)(H,27,33). The normalized spacial score (nSPS) is 14.3. The molecule has 33 heavy (non-hydrogen) atoms. The van der Waals surface area contributed by atoms with E-state index in [-0.39, 0.29) is 12.3 Å². The van der Waals surface area contributed by atoms with E-state index in [0.717, 1.165) is 48.7 Å². The second-order valence-corrected chi connectivity index (χ2v) is 8.71. The van der Waals surface area contributed by atoms with Gasteiger partial charge in [0, 0.05) is 56.1 Å². The van der Waals surface area contributed by atoms with Gasteiger partial charge in [-0.25, -0.2) is 0 Å². The van der Waals surface area contributed by atoms with Gasteiger partial charge < -0.3 is 19.9 Å². The number of nitrogens with one attached hydrogen (secondary N) is 2. The average molecular weight is 467 g/mol. The highest BCUT2D eigenvalue weighted by molar-refractivity contribution is 7.71. The molecular formula is C24H30N6O2S. The Labute approximate surface area is 199 Å². The van der Waals surface area contributed by atoms with Crippen LogP contribution in [0.1, 0.15) is 12.0 Å². The maximum absolute atomic E-state index is 12.7. The summed E-state index contributed by atoms with van der Waals surface area (Å²) in [5.41, 5.74) is 4.10. The van der Waals surface area contributed by atoms with E-state index in [2.05, 4.69) is 45.4 Å². The topological polar surface area (TPSA) is 78.4 Å². The summed E-state index contributed by atoms with van der Waals surface area (Å²) in [4.78, 5) is 17.4. The van der Waals surface area contributed by atoms with Crippen LogP contribution in [0.2, 0.25) is 0 Å². The van der Waals surface area contributed by atoms with E-state index in [1.165, 1.54) is 5.69 Å². The van der Waals surface area contributed by atoms with Crippen LogP contribution in [0, 0.1) is 11.7 Å². The highest BCUT2D eigenvalue weighted by Gasteiger charge is 2.16. The SMILES string of the molecule is COc1ccc(-c2n[nH]c(=S)n2CCC(=O)Nc2ccc(N3CCN(C)CC3)c(C)c2)cc1. The molecule has 1 aliphatic rings. The Kier molecular flexibility index (Phi) is 7.10. The number of piperazine rings is 1. The molecule has 1 saturated heterocycles. The number of likely N-dealkylation sites (N-methyl/N-ethyl adjacent to an activating group) is 1. The molecule has 0 aliphatic carbocycles. The molecule has 0 radical (unpaired) electrons. The second-order valence-electron chi connectivity index (χ2n) is 8.32. The zero-order chi connectivity index (χ0) is 23.4. The van der Waals surface area contributed by atoms with Crippen molar-refractivity contribution in [1.82, 2.24) is 19.7 Å². The number of amides is 1. The highest BCUT2D eigenvalue weighted by atomic mass is 32.1. The van der Waals surface area contributed by atoms with Gasteiger partial charge in [-0.1, -0.05) is 0 Å². The van der Waals surface area contributed by atoms with Crippen molar-refractivity contribution in [3.05, 3.63) is 52.8 Å². The van der Waals surface area contributed by atoms with Gasteiger partial charge in [0.2, 0.25) is 5.91 Å². The number of anilines is 2. The van der Waals surface area contributed by atoms with Crippen molar-refractivity contribution in [1.29, 1.82) is 0 Å². The first-order valence-electron chi connectivity index (χ1n) is 11.1. The Morgan fingerprint density at radius 2 is 1.88 bits per heavy atom. The number of methoxy groups -OCH3 is 1. The predicted molar refractivity (Wildman–Crippen MR) is 134 cm³/mol. The Bertz CT molecular complexity index is 1160. The molecule has 2 heterocycles. The Morgan fingerprint density at radius 3 is 2.55 bits per heavy atom. The first-order chi connectivity index (χ1) is 15.9. The molecule has 0 saturated carbocycles. The van der Waals surface area contributed by atoms with Crippen LogP contribution in [0.15, 0.2) is 42.5 Å². The Balaban J connectivity index is 1.38. The number of carbonyl (C=O) groups is 1. The molecule has 1 aliphatic heterocycles. The highest BCUT2D eigenvalue weighted by Crippen LogP contribution is 2.25. The minimum absolute atomic E-state index is 0.0643. The number of aromatic amines is 1. The number of nitrogens with zero attached hydrogens (tertiary/aromatic N) is 4. The molecule has 0 unspecified atom stereocenters. The minimum atomic E-state index is -0.0643. The van der Waals surface area contributed by atoms with Crippen molar-refractivity contribution in [2.75, 3.05) is 50.6 Å². The fraction of sp³-hybridized carbons (Fsp3) is 0.375. The van der Waals surface area contributed by atoms with Gasteiger partial charge >= 0.3 is 0 Å². The molecule has 1 fully saturated rings. The number of H-pyrrole nitrogens is 1. The van der Waals surface area contributed by atoms with Crippen molar-refractivity contribution in [2.24, 2.45) is 0 Å². The van der Waals surface area contributed by atoms with Crippen LogP contribution in [0.4, 0.5) is 11.4 Å². The average Bonchev–Trinajstić information content (AvgIpc) is 3.19. The number of hydrogen-bond acceptors (Lipinski definition) is 6. The molecule has 0 atom stereocenters. The summed E-state index contributed by atoms with van der Waals surface area (Å²) >= 11 is 5.38. The van der Waals surface area contributed by atoms with Gasteiger partial charge in [-0.3, -0.25) is 14.5 Å². The largest absolute Gasteiger partial charge is 0.497 e. The van der Waals surface area contributed by atoms with E-state index in [0.29, 0.717) is 17.1 Å². The van der Waals surface area contributed by atoms with Crippen molar-refractivity contribution in [3.8, 4) is 17.1 Å². The molecule has 3 aromatic rings. The number of benzene rings is 2. The molecule has 174 valence electrons. The molecule has 1 amide bonds. The number of rotatable bonds is 7. The Morgan fingerprint density at radius 1 is 1.15 bits per heavy atom. The zero-order valence-corrected chi connectivity index (χ0v) is 20.1. The van der Waals surface area contributed by atoms with Crippen LogP contribution in [0.5, 0.6) is 5.75 Å². The molecule has 0 bridgehead atoms. The molecule has 0 spiro atoms. The fourth-order valence-electron chi connectivity index (χ4n) is 4.06. The monoisotopic (exact) mass is 466 g/mol. The van der Waals surface area contributed by atoms with Gasteiger partial charge in [0.1, 0.15) is 5.75 Å². The van der Waals surface area contributed by atoms with Crippen LogP contribution in [-0.2, 0) is 11.3 Å². The van der Waals surface area contributed by atoms with E-state index in [4.69, 9.17) is 17.0 Å². The third-order valence-corrected chi connectivity index (χ3v) is 6.31. The smallest absolute Gasteiger partial charge is 0.226 e. The molecule has 1 aromatic heterocycles. The maximum Gasteiger partial charge on any atom is 0.226 e. The van der Waals surface area contributed by atoms with Gasteiger partial charge in [0.05, 0.1) is 7.11 Å². The summed E-state index contributed by atoms with van der Waals surface area (Å²) in [5.74, 6) is 1.40. The van der Waals surface area contributed by atoms with Crippen LogP contribution in [-0.4, -0.2) is 65.9 Å². The summed E-state index contributed by atoms with van der Waals surface area (Å²) in [7, 11) is 3.78. The van der Waals surface area contributed by atoms with Crippen molar-refractivity contribution < 1.29 is 9.53 Å². The lowest BCUT2D eigenvalue weighted by Crippen LogP contribution is -2.44. The van der Waals surface area contributed by atoms with Gasteiger partial charge in [0.25, 0.3) is 0 Å². The number of aromatic nitrogens is 3. The van der Waals surface area contributed by atoms with Crippen molar-refractivity contribution >= 4 is 29.5 Å². The third-order valence-electron chi connectivity index (χ3n) is 5.99. The lowest BCUT2D eigenvalue weighted by molar-refractivity contribution is -0.116. The number of aryl methyl sites for hydroxylation is 1. The van der Waals surface area contributed by atoms with Crippen LogP contribution >= 0.6 is 12.2 Å². The molecule has 2 aromatic carbocycles. The number of carbonyl (C=O) groups excluding carboxylic acids is 1. The molecular weight excluding hydrogens is 436 g/mol. The van der Waals surface area contributed by atoms with Gasteiger partial charge in [-0.2, -0.15) is 5.10 Å². The first kappa shape index (κ1) is 23.0. The van der Waals surface area contributed by atoms with E-state index in [9.17, 15) is 4.79 Å². The van der Waals surface area contributed by atoms with Crippen molar-refractivity contribution in [2.45, 2.75) is 19.9 Å². The lowest BCUT2D eigenvalue weighted by Gasteiger charge is -2.35. The summed E-state index contributed by atoms with van der Waals surface area (Å²) in [6, 6.07) is 13.7. The molecule has 2 N–H and O–H groups in total.